The Morgan fingerprint density at radius 1 is 1.62 bits per heavy atom. The summed E-state index contributed by atoms with van der Waals surface area (Å²) in [7, 11) is 0. The minimum atomic E-state index is -0.347. The van der Waals surface area contributed by atoms with E-state index < -0.39 is 0 Å². The van der Waals surface area contributed by atoms with Gasteiger partial charge in [0.15, 0.2) is 0 Å². The summed E-state index contributed by atoms with van der Waals surface area (Å²) >= 11 is 0. The molecule has 0 saturated heterocycles. The van der Waals surface area contributed by atoms with Gasteiger partial charge in [-0.25, -0.2) is 0 Å². The van der Waals surface area contributed by atoms with Gasteiger partial charge in [0.2, 0.25) is 6.54 Å². The number of aromatic nitrogens is 2. The average Bonchev–Trinajstić information content (AvgIpc) is 2.31. The van der Waals surface area contributed by atoms with Crippen molar-refractivity contribution in [2.24, 2.45) is 0 Å². The van der Waals surface area contributed by atoms with E-state index in [1.54, 1.807) is 0 Å². The number of rotatable bonds is 2. The SMILES string of the molecule is CC(C)(C)c1[nH]ncc1C[N+](=O)[O-]. The van der Waals surface area contributed by atoms with E-state index in [2.05, 4.69) is 10.2 Å². The molecule has 0 saturated carbocycles. The van der Waals surface area contributed by atoms with Crippen LogP contribution in [0.15, 0.2) is 6.20 Å². The lowest BCUT2D eigenvalue weighted by Gasteiger charge is -2.16. The minimum absolute atomic E-state index is 0.123. The first kappa shape index (κ1) is 9.70. The zero-order valence-corrected chi connectivity index (χ0v) is 8.00. The van der Waals surface area contributed by atoms with Crippen molar-refractivity contribution in [3.63, 3.8) is 0 Å². The molecule has 1 N–H and O–H groups in total. The fourth-order valence-corrected chi connectivity index (χ4v) is 1.22. The van der Waals surface area contributed by atoms with Crippen LogP contribution < -0.4 is 0 Å². The van der Waals surface area contributed by atoms with Gasteiger partial charge in [0.25, 0.3) is 0 Å². The van der Waals surface area contributed by atoms with Crippen molar-refractivity contribution in [3.05, 3.63) is 27.6 Å². The summed E-state index contributed by atoms with van der Waals surface area (Å²) in [4.78, 5) is 9.96. The summed E-state index contributed by atoms with van der Waals surface area (Å²) < 4.78 is 0. The summed E-state index contributed by atoms with van der Waals surface area (Å²) in [6, 6.07) is 0. The van der Waals surface area contributed by atoms with Gasteiger partial charge in [-0.05, 0) is 0 Å². The number of aromatic amines is 1. The normalized spacial score (nSPS) is 11.6. The first-order valence-corrected chi connectivity index (χ1v) is 4.06. The smallest absolute Gasteiger partial charge is 0.232 e. The highest BCUT2D eigenvalue weighted by Crippen LogP contribution is 2.23. The Hall–Kier alpha value is -1.39. The van der Waals surface area contributed by atoms with E-state index in [9.17, 15) is 10.1 Å². The van der Waals surface area contributed by atoms with E-state index in [1.807, 2.05) is 20.8 Å². The second kappa shape index (κ2) is 3.16. The van der Waals surface area contributed by atoms with Gasteiger partial charge < -0.3 is 0 Å². The van der Waals surface area contributed by atoms with Gasteiger partial charge in [-0.2, -0.15) is 5.10 Å². The molecule has 13 heavy (non-hydrogen) atoms. The molecule has 5 heteroatoms. The Morgan fingerprint density at radius 2 is 2.23 bits per heavy atom. The second-order valence-electron chi connectivity index (χ2n) is 4.01. The molecule has 0 spiro atoms. The fourth-order valence-electron chi connectivity index (χ4n) is 1.22. The van der Waals surface area contributed by atoms with Crippen LogP contribution in [0.3, 0.4) is 0 Å². The van der Waals surface area contributed by atoms with Crippen molar-refractivity contribution in [1.82, 2.24) is 10.2 Å². The van der Waals surface area contributed by atoms with Crippen LogP contribution in [0.2, 0.25) is 0 Å². The molecule has 0 fully saturated rings. The average molecular weight is 183 g/mol. The number of nitrogens with zero attached hydrogens (tertiary/aromatic N) is 2. The lowest BCUT2D eigenvalue weighted by Crippen LogP contribution is -2.15. The number of hydrogen-bond acceptors (Lipinski definition) is 3. The Bertz CT molecular complexity index is 311. The molecule has 0 aliphatic carbocycles. The summed E-state index contributed by atoms with van der Waals surface area (Å²) in [6.45, 7) is 5.81. The minimum Gasteiger partial charge on any atom is -0.281 e. The van der Waals surface area contributed by atoms with E-state index in [4.69, 9.17) is 0 Å². The van der Waals surface area contributed by atoms with E-state index in [0.717, 1.165) is 5.69 Å². The maximum absolute atomic E-state index is 10.3. The highest BCUT2D eigenvalue weighted by molar-refractivity contribution is 5.22. The van der Waals surface area contributed by atoms with Gasteiger partial charge in [0.1, 0.15) is 0 Å². The zero-order chi connectivity index (χ0) is 10.1. The molecule has 0 radical (unpaired) electrons. The first-order valence-electron chi connectivity index (χ1n) is 4.06. The molecule has 0 bridgehead atoms. The maximum atomic E-state index is 10.3. The highest BCUT2D eigenvalue weighted by Gasteiger charge is 2.22. The Kier molecular flexibility index (Phi) is 2.36. The van der Waals surface area contributed by atoms with E-state index in [1.165, 1.54) is 6.20 Å². The third-order valence-electron chi connectivity index (χ3n) is 1.77. The van der Waals surface area contributed by atoms with Crippen LogP contribution in [0.1, 0.15) is 32.0 Å². The van der Waals surface area contributed by atoms with Crippen LogP contribution in [0.4, 0.5) is 0 Å². The predicted molar refractivity (Wildman–Crippen MR) is 48.0 cm³/mol. The molecule has 0 aliphatic rings. The molecule has 0 aromatic carbocycles. The van der Waals surface area contributed by atoms with Crippen molar-refractivity contribution < 1.29 is 4.92 Å². The molecular formula is C8H13N3O2. The number of nitro groups is 1. The topological polar surface area (TPSA) is 71.8 Å². The van der Waals surface area contributed by atoms with E-state index >= 15 is 0 Å². The molecule has 1 heterocycles. The summed E-state index contributed by atoms with van der Waals surface area (Å²) in [5.41, 5.74) is 1.38. The van der Waals surface area contributed by atoms with Crippen LogP contribution in [0.25, 0.3) is 0 Å². The largest absolute Gasteiger partial charge is 0.281 e. The molecule has 0 unspecified atom stereocenters. The van der Waals surface area contributed by atoms with Gasteiger partial charge in [-0.3, -0.25) is 15.2 Å². The third-order valence-corrected chi connectivity index (χ3v) is 1.77. The van der Waals surface area contributed by atoms with Crippen molar-refractivity contribution in [1.29, 1.82) is 0 Å². The van der Waals surface area contributed by atoms with Gasteiger partial charge in [-0.15, -0.1) is 0 Å². The molecule has 1 rings (SSSR count). The van der Waals surface area contributed by atoms with Crippen molar-refractivity contribution in [2.75, 3.05) is 0 Å². The monoisotopic (exact) mass is 183 g/mol. The van der Waals surface area contributed by atoms with Gasteiger partial charge in [0.05, 0.1) is 17.5 Å². The zero-order valence-electron chi connectivity index (χ0n) is 8.00. The second-order valence-corrected chi connectivity index (χ2v) is 4.01. The summed E-state index contributed by atoms with van der Waals surface area (Å²) in [5.74, 6) is 0. The number of H-pyrrole nitrogens is 1. The lowest BCUT2D eigenvalue weighted by atomic mass is 9.90. The maximum Gasteiger partial charge on any atom is 0.232 e. The quantitative estimate of drug-likeness (QED) is 0.557. The van der Waals surface area contributed by atoms with Crippen LogP contribution in [0.5, 0.6) is 0 Å². The Balaban J connectivity index is 2.96. The first-order chi connectivity index (χ1) is 5.91. The Morgan fingerprint density at radius 3 is 2.69 bits per heavy atom. The fraction of sp³-hybridized carbons (Fsp3) is 0.625. The number of hydrogen-bond donors (Lipinski definition) is 1. The van der Waals surface area contributed by atoms with Crippen LogP contribution in [-0.4, -0.2) is 15.1 Å². The predicted octanol–water partition coefficient (Wildman–Crippen LogP) is 1.48. The van der Waals surface area contributed by atoms with E-state index in [-0.39, 0.29) is 16.9 Å². The third kappa shape index (κ3) is 2.27. The molecule has 72 valence electrons. The summed E-state index contributed by atoms with van der Waals surface area (Å²) in [5, 5.41) is 16.9. The molecule has 5 nitrogen and oxygen atoms in total. The standard InChI is InChI=1S/C8H13N3O2/c1-8(2,3)7-6(4-9-10-7)5-11(12)13/h4H,5H2,1-3H3,(H,9,10). The molecule has 0 amide bonds. The van der Waals surface area contributed by atoms with Crippen LogP contribution in [0, 0.1) is 10.1 Å². The Labute approximate surface area is 76.3 Å². The molecule has 1 aromatic rings. The van der Waals surface area contributed by atoms with Gasteiger partial charge >= 0.3 is 0 Å². The lowest BCUT2D eigenvalue weighted by molar-refractivity contribution is -0.497. The van der Waals surface area contributed by atoms with Crippen molar-refractivity contribution in [3.8, 4) is 0 Å². The number of nitrogens with one attached hydrogen (secondary N) is 1. The van der Waals surface area contributed by atoms with Crippen LogP contribution in [-0.2, 0) is 12.0 Å². The molecule has 0 atom stereocenters. The summed E-state index contributed by atoms with van der Waals surface area (Å²) in [6.07, 6.45) is 1.52. The molecule has 0 aliphatic heterocycles. The molecular weight excluding hydrogens is 170 g/mol. The van der Waals surface area contributed by atoms with E-state index in [0.29, 0.717) is 5.56 Å². The van der Waals surface area contributed by atoms with Crippen molar-refractivity contribution in [2.45, 2.75) is 32.7 Å². The van der Waals surface area contributed by atoms with Gasteiger partial charge in [-0.1, -0.05) is 20.8 Å². The molecule has 1 aromatic heterocycles. The van der Waals surface area contributed by atoms with Crippen LogP contribution >= 0.6 is 0 Å². The van der Waals surface area contributed by atoms with Gasteiger partial charge in [0, 0.05) is 10.3 Å². The van der Waals surface area contributed by atoms with Crippen molar-refractivity contribution >= 4 is 0 Å². The highest BCUT2D eigenvalue weighted by atomic mass is 16.6.